The van der Waals surface area contributed by atoms with Crippen molar-refractivity contribution in [3.8, 4) is 16.9 Å². The Balaban J connectivity index is 1.78. The minimum atomic E-state index is 0.204. The van der Waals surface area contributed by atoms with Gasteiger partial charge in [0.05, 0.1) is 24.5 Å². The van der Waals surface area contributed by atoms with Crippen molar-refractivity contribution in [2.24, 2.45) is 0 Å². The fourth-order valence-electron chi connectivity index (χ4n) is 4.66. The summed E-state index contributed by atoms with van der Waals surface area (Å²) in [6, 6.07) is 6.43. The standard InChI is InChI=1S/C23H26N4O/c1-14-13-16(28-3)10-11-17(14)21-15(2)26-27-22(20-8-4-5-12-24-20)18-7-6-9-19(18)25-23(21)27/h4,8,10-11,13,20,24H,5-7,9,12H2,1-3H3. The number of nitrogens with one attached hydrogen (secondary N) is 1. The van der Waals surface area contributed by atoms with E-state index in [2.05, 4.69) is 48.0 Å². The lowest BCUT2D eigenvalue weighted by Crippen LogP contribution is -2.27. The van der Waals surface area contributed by atoms with Crippen LogP contribution in [0.3, 0.4) is 0 Å². The number of rotatable bonds is 3. The second-order valence-corrected chi connectivity index (χ2v) is 7.80. The summed E-state index contributed by atoms with van der Waals surface area (Å²) in [5.74, 6) is 0.876. The number of hydrogen-bond acceptors (Lipinski definition) is 4. The molecule has 0 amide bonds. The summed E-state index contributed by atoms with van der Waals surface area (Å²) in [6.45, 7) is 5.22. The number of methoxy groups -OCH3 is 1. The summed E-state index contributed by atoms with van der Waals surface area (Å²) in [6.07, 6.45) is 8.97. The van der Waals surface area contributed by atoms with Crippen LogP contribution in [0.1, 0.15) is 47.1 Å². The summed E-state index contributed by atoms with van der Waals surface area (Å²) in [5.41, 5.74) is 9.39. The second-order valence-electron chi connectivity index (χ2n) is 7.80. The van der Waals surface area contributed by atoms with Crippen molar-refractivity contribution < 1.29 is 4.74 Å². The maximum Gasteiger partial charge on any atom is 0.163 e. The summed E-state index contributed by atoms with van der Waals surface area (Å²) in [5, 5.41) is 8.64. The van der Waals surface area contributed by atoms with Gasteiger partial charge in [-0.15, -0.1) is 0 Å². The molecule has 1 atom stereocenters. The summed E-state index contributed by atoms with van der Waals surface area (Å²) in [4.78, 5) is 5.11. The van der Waals surface area contributed by atoms with Gasteiger partial charge in [-0.2, -0.15) is 5.10 Å². The Bertz CT molecular complexity index is 1100. The first kappa shape index (κ1) is 17.4. The number of aryl methyl sites for hydroxylation is 3. The van der Waals surface area contributed by atoms with E-state index in [0.717, 1.165) is 48.5 Å². The third-order valence-electron chi connectivity index (χ3n) is 6.00. The number of benzene rings is 1. The van der Waals surface area contributed by atoms with Crippen LogP contribution >= 0.6 is 0 Å². The molecule has 0 fully saturated rings. The van der Waals surface area contributed by atoms with Gasteiger partial charge in [0.2, 0.25) is 0 Å². The first-order valence-corrected chi connectivity index (χ1v) is 10.1. The lowest BCUT2D eigenvalue weighted by molar-refractivity contribution is 0.414. The largest absolute Gasteiger partial charge is 0.497 e. The summed E-state index contributed by atoms with van der Waals surface area (Å²) >= 11 is 0. The zero-order valence-corrected chi connectivity index (χ0v) is 16.7. The Kier molecular flexibility index (Phi) is 4.20. The van der Waals surface area contributed by atoms with Crippen LogP contribution in [-0.2, 0) is 12.8 Å². The minimum absolute atomic E-state index is 0.204. The molecule has 0 spiro atoms. The average Bonchev–Trinajstić information content (AvgIpc) is 3.30. The van der Waals surface area contributed by atoms with Gasteiger partial charge >= 0.3 is 0 Å². The van der Waals surface area contributed by atoms with Crippen molar-refractivity contribution >= 4 is 5.65 Å². The molecular weight excluding hydrogens is 348 g/mol. The molecule has 144 valence electrons. The van der Waals surface area contributed by atoms with E-state index in [4.69, 9.17) is 14.8 Å². The molecule has 0 saturated heterocycles. The molecule has 3 heterocycles. The van der Waals surface area contributed by atoms with Crippen LogP contribution in [0.15, 0.2) is 30.4 Å². The number of hydrogen-bond donors (Lipinski definition) is 1. The van der Waals surface area contributed by atoms with Crippen LogP contribution in [0, 0.1) is 13.8 Å². The molecule has 0 bridgehead atoms. The van der Waals surface area contributed by atoms with Crippen molar-refractivity contribution in [1.29, 1.82) is 0 Å². The Hall–Kier alpha value is -2.66. The van der Waals surface area contributed by atoms with Crippen LogP contribution < -0.4 is 10.1 Å². The van der Waals surface area contributed by atoms with Gasteiger partial charge in [-0.1, -0.05) is 18.2 Å². The third-order valence-corrected chi connectivity index (χ3v) is 6.00. The molecule has 1 N–H and O–H groups in total. The minimum Gasteiger partial charge on any atom is -0.497 e. The maximum absolute atomic E-state index is 5.39. The van der Waals surface area contributed by atoms with Crippen LogP contribution in [0.5, 0.6) is 5.75 Å². The monoisotopic (exact) mass is 374 g/mol. The summed E-state index contributed by atoms with van der Waals surface area (Å²) in [7, 11) is 1.71. The predicted octanol–water partition coefficient (Wildman–Crippen LogP) is 4.10. The van der Waals surface area contributed by atoms with Crippen LogP contribution in [-0.4, -0.2) is 28.3 Å². The molecule has 5 heteroatoms. The number of nitrogens with zero attached hydrogens (tertiary/aromatic N) is 3. The Morgan fingerprint density at radius 3 is 2.86 bits per heavy atom. The second kappa shape index (κ2) is 6.74. The van der Waals surface area contributed by atoms with E-state index >= 15 is 0 Å². The van der Waals surface area contributed by atoms with Gasteiger partial charge in [0.15, 0.2) is 5.65 Å². The topological polar surface area (TPSA) is 51.5 Å². The highest BCUT2D eigenvalue weighted by molar-refractivity contribution is 5.82. The first-order chi connectivity index (χ1) is 13.7. The molecule has 2 aliphatic rings. The molecule has 3 aromatic rings. The number of fused-ring (bicyclic) bond motifs is 2. The molecule has 1 aliphatic heterocycles. The van der Waals surface area contributed by atoms with Crippen molar-refractivity contribution in [2.75, 3.05) is 13.7 Å². The lowest BCUT2D eigenvalue weighted by Gasteiger charge is -2.22. The maximum atomic E-state index is 5.39. The Morgan fingerprint density at radius 1 is 1.21 bits per heavy atom. The smallest absolute Gasteiger partial charge is 0.163 e. The molecular formula is C23H26N4O. The molecule has 0 radical (unpaired) electrons. The van der Waals surface area contributed by atoms with E-state index in [1.54, 1.807) is 7.11 Å². The zero-order valence-electron chi connectivity index (χ0n) is 16.7. The fraction of sp³-hybridized carbons (Fsp3) is 0.391. The molecule has 2 aromatic heterocycles. The van der Waals surface area contributed by atoms with Crippen molar-refractivity contribution in [2.45, 2.75) is 45.6 Å². The van der Waals surface area contributed by atoms with E-state index in [-0.39, 0.29) is 6.04 Å². The SMILES string of the molecule is COc1ccc(-c2c(C)nn3c(C4C=CCCN4)c4c(nc23)CCC4)c(C)c1. The van der Waals surface area contributed by atoms with Gasteiger partial charge in [-0.3, -0.25) is 0 Å². The van der Waals surface area contributed by atoms with Crippen LogP contribution in [0.4, 0.5) is 0 Å². The van der Waals surface area contributed by atoms with Gasteiger partial charge in [0.1, 0.15) is 5.75 Å². The van der Waals surface area contributed by atoms with Crippen molar-refractivity contribution in [1.82, 2.24) is 19.9 Å². The highest BCUT2D eigenvalue weighted by Gasteiger charge is 2.28. The quantitative estimate of drug-likeness (QED) is 0.701. The molecule has 1 unspecified atom stereocenters. The summed E-state index contributed by atoms with van der Waals surface area (Å²) < 4.78 is 7.49. The fourth-order valence-corrected chi connectivity index (χ4v) is 4.66. The molecule has 0 saturated carbocycles. The van der Waals surface area contributed by atoms with E-state index in [9.17, 15) is 0 Å². The highest BCUT2D eigenvalue weighted by atomic mass is 16.5. The van der Waals surface area contributed by atoms with E-state index < -0.39 is 0 Å². The number of aromatic nitrogens is 3. The van der Waals surface area contributed by atoms with Crippen molar-refractivity contribution in [3.63, 3.8) is 0 Å². The third kappa shape index (κ3) is 2.65. The lowest BCUT2D eigenvalue weighted by atomic mass is 9.99. The van der Waals surface area contributed by atoms with Gasteiger partial charge in [0.25, 0.3) is 0 Å². The Labute approximate surface area is 165 Å². The molecule has 28 heavy (non-hydrogen) atoms. The highest BCUT2D eigenvalue weighted by Crippen LogP contribution is 2.36. The zero-order chi connectivity index (χ0) is 19.3. The van der Waals surface area contributed by atoms with E-state index in [1.165, 1.54) is 34.5 Å². The van der Waals surface area contributed by atoms with Gasteiger partial charge in [-0.05, 0) is 74.9 Å². The van der Waals surface area contributed by atoms with E-state index in [0.29, 0.717) is 0 Å². The van der Waals surface area contributed by atoms with Gasteiger partial charge < -0.3 is 10.1 Å². The molecule has 5 nitrogen and oxygen atoms in total. The first-order valence-electron chi connectivity index (χ1n) is 10.1. The van der Waals surface area contributed by atoms with Crippen LogP contribution in [0.2, 0.25) is 0 Å². The van der Waals surface area contributed by atoms with Gasteiger partial charge in [-0.25, -0.2) is 9.50 Å². The number of ether oxygens (including phenoxy) is 1. The molecule has 1 aromatic carbocycles. The normalized spacial score (nSPS) is 18.6. The Morgan fingerprint density at radius 2 is 2.11 bits per heavy atom. The van der Waals surface area contributed by atoms with Gasteiger partial charge in [0, 0.05) is 11.3 Å². The van der Waals surface area contributed by atoms with E-state index in [1.807, 2.05) is 6.07 Å². The predicted molar refractivity (Wildman–Crippen MR) is 111 cm³/mol. The molecule has 1 aliphatic carbocycles. The van der Waals surface area contributed by atoms with Crippen molar-refractivity contribution in [3.05, 3.63) is 58.6 Å². The van der Waals surface area contributed by atoms with Crippen LogP contribution in [0.25, 0.3) is 16.8 Å². The average molecular weight is 374 g/mol. The molecule has 5 rings (SSSR count).